The summed E-state index contributed by atoms with van der Waals surface area (Å²) >= 11 is 1.50. The summed E-state index contributed by atoms with van der Waals surface area (Å²) in [5.41, 5.74) is 2.33. The van der Waals surface area contributed by atoms with E-state index in [4.69, 9.17) is 4.74 Å². The number of ketones is 2. The molecule has 0 unspecified atom stereocenters. The van der Waals surface area contributed by atoms with Gasteiger partial charge in [0.25, 0.3) is 0 Å². The van der Waals surface area contributed by atoms with Crippen molar-refractivity contribution in [2.24, 2.45) is 12.5 Å². The van der Waals surface area contributed by atoms with E-state index in [0.717, 1.165) is 46.2 Å². The highest BCUT2D eigenvalue weighted by molar-refractivity contribution is 7.18. The zero-order valence-electron chi connectivity index (χ0n) is 16.1. The van der Waals surface area contributed by atoms with Crippen LogP contribution in [-0.4, -0.2) is 47.4 Å². The van der Waals surface area contributed by atoms with Gasteiger partial charge < -0.3 is 14.2 Å². The van der Waals surface area contributed by atoms with Crippen LogP contribution in [0.5, 0.6) is 0 Å². The maximum absolute atomic E-state index is 13.3. The highest BCUT2D eigenvalue weighted by Crippen LogP contribution is 2.45. The Morgan fingerprint density at radius 2 is 2.04 bits per heavy atom. The summed E-state index contributed by atoms with van der Waals surface area (Å²) in [4.78, 5) is 33.4. The molecule has 1 saturated heterocycles. The van der Waals surface area contributed by atoms with E-state index < -0.39 is 0 Å². The molecule has 2 aromatic heterocycles. The smallest absolute Gasteiger partial charge is 0.173 e. The van der Waals surface area contributed by atoms with Gasteiger partial charge in [-0.3, -0.25) is 9.59 Å². The molecule has 2 aliphatic rings. The van der Waals surface area contributed by atoms with Gasteiger partial charge in [-0.15, -0.1) is 11.3 Å². The first kappa shape index (κ1) is 18.4. The first-order valence-electron chi connectivity index (χ1n) is 9.36. The summed E-state index contributed by atoms with van der Waals surface area (Å²) in [5, 5.41) is 0.940. The van der Waals surface area contributed by atoms with Crippen LogP contribution in [0.25, 0.3) is 0 Å². The van der Waals surface area contributed by atoms with Crippen molar-refractivity contribution in [1.29, 1.82) is 0 Å². The standard InChI is InChI=1S/C20H25N3O3S/c1-20(2)9-14-17(15(24)8-13-11-22(3)12-21-13)19(23-4-6-26-7-5-23)27-18(14)16(25)10-20/h11-12H,4-10H2,1-3H3. The van der Waals surface area contributed by atoms with Gasteiger partial charge in [-0.2, -0.15) is 0 Å². The Morgan fingerprint density at radius 3 is 2.70 bits per heavy atom. The van der Waals surface area contributed by atoms with E-state index >= 15 is 0 Å². The summed E-state index contributed by atoms with van der Waals surface area (Å²) in [6, 6.07) is 0. The minimum absolute atomic E-state index is 0.0539. The number of carbonyl (C=O) groups excluding carboxylic acids is 2. The number of fused-ring (bicyclic) bond motifs is 1. The number of hydrogen-bond acceptors (Lipinski definition) is 6. The minimum atomic E-state index is -0.118. The average molecular weight is 388 g/mol. The third-order valence-electron chi connectivity index (χ3n) is 5.21. The zero-order valence-corrected chi connectivity index (χ0v) is 16.9. The largest absolute Gasteiger partial charge is 0.378 e. The molecule has 2 aromatic rings. The van der Waals surface area contributed by atoms with Crippen LogP contribution in [0.3, 0.4) is 0 Å². The van der Waals surface area contributed by atoms with Crippen LogP contribution >= 0.6 is 11.3 Å². The predicted octanol–water partition coefficient (Wildman–Crippen LogP) is 2.90. The average Bonchev–Trinajstić information content (AvgIpc) is 3.18. The normalized spacial score (nSPS) is 19.2. The van der Waals surface area contributed by atoms with Crippen molar-refractivity contribution in [3.8, 4) is 0 Å². The maximum Gasteiger partial charge on any atom is 0.173 e. The number of thiophene rings is 1. The van der Waals surface area contributed by atoms with E-state index in [0.29, 0.717) is 19.6 Å². The van der Waals surface area contributed by atoms with Crippen molar-refractivity contribution >= 4 is 27.9 Å². The molecule has 3 heterocycles. The van der Waals surface area contributed by atoms with E-state index in [2.05, 4.69) is 23.7 Å². The molecule has 0 bridgehead atoms. The Bertz CT molecular complexity index is 890. The second-order valence-electron chi connectivity index (χ2n) is 8.26. The molecular formula is C20H25N3O3S. The summed E-state index contributed by atoms with van der Waals surface area (Å²) in [6.45, 7) is 7.01. The Kier molecular flexibility index (Phi) is 4.68. The van der Waals surface area contributed by atoms with Gasteiger partial charge in [0.05, 0.1) is 42.1 Å². The second kappa shape index (κ2) is 6.87. The Hall–Kier alpha value is -1.99. The molecule has 144 valence electrons. The highest BCUT2D eigenvalue weighted by Gasteiger charge is 2.38. The predicted molar refractivity (Wildman–Crippen MR) is 105 cm³/mol. The molecule has 27 heavy (non-hydrogen) atoms. The van der Waals surface area contributed by atoms with Crippen molar-refractivity contribution in [3.63, 3.8) is 0 Å². The maximum atomic E-state index is 13.3. The molecule has 1 fully saturated rings. The van der Waals surface area contributed by atoms with Crippen molar-refractivity contribution < 1.29 is 14.3 Å². The Labute approximate surface area is 163 Å². The van der Waals surface area contributed by atoms with Crippen LogP contribution in [0.15, 0.2) is 12.5 Å². The molecule has 0 aromatic carbocycles. The van der Waals surface area contributed by atoms with E-state index in [-0.39, 0.29) is 23.4 Å². The third-order valence-corrected chi connectivity index (χ3v) is 6.55. The molecule has 0 atom stereocenters. The fourth-order valence-corrected chi connectivity index (χ4v) is 5.32. The van der Waals surface area contributed by atoms with E-state index in [1.165, 1.54) is 11.3 Å². The van der Waals surface area contributed by atoms with Crippen LogP contribution in [0, 0.1) is 5.41 Å². The number of imidazole rings is 1. The molecule has 1 aliphatic carbocycles. The van der Waals surface area contributed by atoms with Crippen molar-refractivity contribution in [2.75, 3.05) is 31.2 Å². The second-order valence-corrected chi connectivity index (χ2v) is 9.26. The quantitative estimate of drug-likeness (QED) is 0.755. The fourth-order valence-electron chi connectivity index (χ4n) is 3.99. The number of Topliss-reactive ketones (excluding diaryl/α,β-unsaturated/α-hetero) is 2. The van der Waals surface area contributed by atoms with Gasteiger partial charge in [0.2, 0.25) is 0 Å². The van der Waals surface area contributed by atoms with Gasteiger partial charge in [0, 0.05) is 32.8 Å². The third kappa shape index (κ3) is 3.58. The number of morpholine rings is 1. The number of aromatic nitrogens is 2. The van der Waals surface area contributed by atoms with Crippen LogP contribution in [0.1, 0.15) is 51.6 Å². The van der Waals surface area contributed by atoms with Crippen LogP contribution < -0.4 is 4.90 Å². The SMILES string of the molecule is Cn1cnc(CC(=O)c2c(N3CCOCC3)sc3c2CC(C)(C)CC3=O)c1. The van der Waals surface area contributed by atoms with Crippen LogP contribution in [0.2, 0.25) is 0 Å². The number of anilines is 1. The molecule has 4 rings (SSSR count). The Balaban J connectivity index is 1.77. The van der Waals surface area contributed by atoms with Gasteiger partial charge in [-0.25, -0.2) is 4.98 Å². The highest BCUT2D eigenvalue weighted by atomic mass is 32.1. The van der Waals surface area contributed by atoms with Gasteiger partial charge in [0.15, 0.2) is 11.6 Å². The van der Waals surface area contributed by atoms with Crippen molar-refractivity contribution in [3.05, 3.63) is 34.2 Å². The van der Waals surface area contributed by atoms with Gasteiger partial charge in [-0.1, -0.05) is 13.8 Å². The van der Waals surface area contributed by atoms with E-state index in [9.17, 15) is 9.59 Å². The number of hydrogen-bond donors (Lipinski definition) is 0. The molecule has 0 spiro atoms. The summed E-state index contributed by atoms with van der Waals surface area (Å²) in [7, 11) is 1.90. The van der Waals surface area contributed by atoms with Crippen LogP contribution in [-0.2, 0) is 24.6 Å². The van der Waals surface area contributed by atoms with Gasteiger partial charge in [0.1, 0.15) is 5.00 Å². The number of nitrogens with zero attached hydrogens (tertiary/aromatic N) is 3. The summed E-state index contributed by atoms with van der Waals surface area (Å²) in [5.74, 6) is 0.218. The summed E-state index contributed by atoms with van der Waals surface area (Å²) in [6.07, 6.45) is 5.15. The van der Waals surface area contributed by atoms with E-state index in [1.807, 2.05) is 17.8 Å². The van der Waals surface area contributed by atoms with Crippen molar-refractivity contribution in [2.45, 2.75) is 33.1 Å². The first-order valence-corrected chi connectivity index (χ1v) is 10.2. The number of aryl methyl sites for hydroxylation is 1. The fraction of sp³-hybridized carbons (Fsp3) is 0.550. The monoisotopic (exact) mass is 387 g/mol. The lowest BCUT2D eigenvalue weighted by Crippen LogP contribution is -2.36. The lowest BCUT2D eigenvalue weighted by Gasteiger charge is -2.29. The van der Waals surface area contributed by atoms with Gasteiger partial charge >= 0.3 is 0 Å². The molecule has 6 nitrogen and oxygen atoms in total. The Morgan fingerprint density at radius 1 is 1.30 bits per heavy atom. The van der Waals surface area contributed by atoms with Crippen LogP contribution in [0.4, 0.5) is 5.00 Å². The number of rotatable bonds is 4. The molecule has 0 saturated carbocycles. The summed E-state index contributed by atoms with van der Waals surface area (Å²) < 4.78 is 7.32. The number of ether oxygens (including phenoxy) is 1. The molecule has 7 heteroatoms. The van der Waals surface area contributed by atoms with E-state index in [1.54, 1.807) is 6.33 Å². The molecular weight excluding hydrogens is 362 g/mol. The molecule has 1 aliphatic heterocycles. The molecule has 0 amide bonds. The van der Waals surface area contributed by atoms with Crippen molar-refractivity contribution in [1.82, 2.24) is 9.55 Å². The topological polar surface area (TPSA) is 64.4 Å². The molecule has 0 N–H and O–H groups in total. The minimum Gasteiger partial charge on any atom is -0.378 e. The molecule has 0 radical (unpaired) electrons. The lowest BCUT2D eigenvalue weighted by atomic mass is 9.75. The lowest BCUT2D eigenvalue weighted by molar-refractivity contribution is 0.0917. The zero-order chi connectivity index (χ0) is 19.2. The number of carbonyl (C=O) groups is 2. The first-order chi connectivity index (χ1) is 12.8. The van der Waals surface area contributed by atoms with Gasteiger partial charge in [-0.05, 0) is 17.4 Å².